The van der Waals surface area contributed by atoms with Gasteiger partial charge in [0.05, 0.1) is 12.7 Å². The van der Waals surface area contributed by atoms with E-state index in [2.05, 4.69) is 15.9 Å². The van der Waals surface area contributed by atoms with Crippen LogP contribution in [-0.2, 0) is 0 Å². The summed E-state index contributed by atoms with van der Waals surface area (Å²) in [5.74, 6) is -2.57. The van der Waals surface area contributed by atoms with Gasteiger partial charge >= 0.3 is 0 Å². The Morgan fingerprint density at radius 2 is 1.79 bits per heavy atom. The molecule has 19 heavy (non-hydrogen) atoms. The lowest BCUT2D eigenvalue weighted by Gasteiger charge is -2.07. The Labute approximate surface area is 117 Å². The molecule has 0 heterocycles. The zero-order valence-corrected chi connectivity index (χ0v) is 11.5. The zero-order valence-electron chi connectivity index (χ0n) is 9.91. The van der Waals surface area contributed by atoms with Gasteiger partial charge < -0.3 is 4.74 Å². The minimum absolute atomic E-state index is 0.0285. The highest BCUT2D eigenvalue weighted by Crippen LogP contribution is 2.24. The molecule has 5 heteroatoms. The van der Waals surface area contributed by atoms with Crippen molar-refractivity contribution in [2.75, 3.05) is 7.11 Å². The third-order valence-electron chi connectivity index (χ3n) is 2.57. The first-order chi connectivity index (χ1) is 9.02. The van der Waals surface area contributed by atoms with Crippen LogP contribution in [-0.4, -0.2) is 12.9 Å². The third-order valence-corrected chi connectivity index (χ3v) is 3.06. The number of carbonyl (C=O) groups is 1. The van der Waals surface area contributed by atoms with E-state index >= 15 is 0 Å². The van der Waals surface area contributed by atoms with Gasteiger partial charge in [0, 0.05) is 22.2 Å². The summed E-state index contributed by atoms with van der Waals surface area (Å²) < 4.78 is 33.0. The van der Waals surface area contributed by atoms with Gasteiger partial charge in [0.15, 0.2) is 5.78 Å². The van der Waals surface area contributed by atoms with Crippen molar-refractivity contribution in [3.8, 4) is 5.75 Å². The Morgan fingerprint density at radius 1 is 1.16 bits per heavy atom. The lowest BCUT2D eigenvalue weighted by atomic mass is 10.0. The van der Waals surface area contributed by atoms with Gasteiger partial charge in [-0.3, -0.25) is 4.79 Å². The monoisotopic (exact) mass is 326 g/mol. The Morgan fingerprint density at radius 3 is 2.32 bits per heavy atom. The molecule has 0 saturated heterocycles. The molecule has 0 N–H and O–H groups in total. The maximum Gasteiger partial charge on any atom is 0.198 e. The van der Waals surface area contributed by atoms with Crippen molar-refractivity contribution in [3.05, 3.63) is 63.6 Å². The van der Waals surface area contributed by atoms with Gasteiger partial charge in [0.1, 0.15) is 17.4 Å². The summed E-state index contributed by atoms with van der Waals surface area (Å²) >= 11 is 3.20. The van der Waals surface area contributed by atoms with Crippen LogP contribution in [0.25, 0.3) is 0 Å². The van der Waals surface area contributed by atoms with Gasteiger partial charge in [0.2, 0.25) is 0 Å². The minimum Gasteiger partial charge on any atom is -0.497 e. The predicted molar refractivity (Wildman–Crippen MR) is 70.5 cm³/mol. The van der Waals surface area contributed by atoms with E-state index in [9.17, 15) is 13.6 Å². The van der Waals surface area contributed by atoms with E-state index in [-0.39, 0.29) is 11.3 Å². The Bertz CT molecular complexity index is 618. The molecule has 0 atom stereocenters. The van der Waals surface area contributed by atoms with Gasteiger partial charge in [-0.25, -0.2) is 8.78 Å². The van der Waals surface area contributed by atoms with Gasteiger partial charge in [0.25, 0.3) is 0 Å². The molecule has 0 aliphatic heterocycles. The van der Waals surface area contributed by atoms with Crippen LogP contribution in [0.2, 0.25) is 0 Å². The van der Waals surface area contributed by atoms with E-state index in [1.165, 1.54) is 19.2 Å². The number of hydrogen-bond acceptors (Lipinski definition) is 2. The average Bonchev–Trinajstić information content (AvgIpc) is 2.37. The highest BCUT2D eigenvalue weighted by atomic mass is 79.9. The molecular formula is C14H9BrF2O2. The maximum atomic E-state index is 13.8. The lowest BCUT2D eigenvalue weighted by Crippen LogP contribution is -2.08. The molecule has 0 aliphatic carbocycles. The molecule has 0 fully saturated rings. The number of carbonyl (C=O) groups excluding carboxylic acids is 1. The fraction of sp³-hybridized carbons (Fsp3) is 0.0714. The molecule has 0 aliphatic rings. The van der Waals surface area contributed by atoms with Crippen LogP contribution in [0.3, 0.4) is 0 Å². The van der Waals surface area contributed by atoms with E-state index in [0.29, 0.717) is 4.47 Å². The molecule has 2 aromatic carbocycles. The summed E-state index contributed by atoms with van der Waals surface area (Å²) in [6.45, 7) is 0. The van der Waals surface area contributed by atoms with Gasteiger partial charge in [-0.1, -0.05) is 28.1 Å². The number of hydrogen-bond donors (Lipinski definition) is 0. The van der Waals surface area contributed by atoms with Crippen molar-refractivity contribution >= 4 is 21.7 Å². The van der Waals surface area contributed by atoms with Crippen molar-refractivity contribution < 1.29 is 18.3 Å². The SMILES string of the molecule is COc1cc(F)c(C(=O)c2cccc(Br)c2)c(F)c1. The Kier molecular flexibility index (Phi) is 3.95. The number of ketones is 1. The molecule has 0 aromatic heterocycles. The first-order valence-electron chi connectivity index (χ1n) is 5.36. The minimum atomic E-state index is -0.943. The van der Waals surface area contributed by atoms with Crippen LogP contribution < -0.4 is 4.74 Å². The number of halogens is 3. The third kappa shape index (κ3) is 2.81. The first-order valence-corrected chi connectivity index (χ1v) is 6.15. The molecule has 98 valence electrons. The highest BCUT2D eigenvalue weighted by molar-refractivity contribution is 9.10. The number of rotatable bonds is 3. The normalized spacial score (nSPS) is 10.3. The van der Waals surface area contributed by atoms with Crippen LogP contribution in [0.1, 0.15) is 15.9 Å². The summed E-state index contributed by atoms with van der Waals surface area (Å²) in [5, 5.41) is 0. The largest absolute Gasteiger partial charge is 0.497 e. The van der Waals surface area contributed by atoms with Crippen LogP contribution in [0.4, 0.5) is 8.78 Å². The summed E-state index contributed by atoms with van der Waals surface area (Å²) in [6.07, 6.45) is 0. The summed E-state index contributed by atoms with van der Waals surface area (Å²) in [4.78, 5) is 12.1. The summed E-state index contributed by atoms with van der Waals surface area (Å²) in [6, 6.07) is 8.30. The van der Waals surface area contributed by atoms with Crippen LogP contribution in [0.5, 0.6) is 5.75 Å². The summed E-state index contributed by atoms with van der Waals surface area (Å²) in [7, 11) is 1.30. The van der Waals surface area contributed by atoms with Crippen molar-refractivity contribution in [2.24, 2.45) is 0 Å². The van der Waals surface area contributed by atoms with E-state index < -0.39 is 23.0 Å². The van der Waals surface area contributed by atoms with Crippen LogP contribution in [0, 0.1) is 11.6 Å². The fourth-order valence-electron chi connectivity index (χ4n) is 1.66. The highest BCUT2D eigenvalue weighted by Gasteiger charge is 2.20. The topological polar surface area (TPSA) is 26.3 Å². The average molecular weight is 327 g/mol. The second kappa shape index (κ2) is 5.48. The zero-order chi connectivity index (χ0) is 14.0. The molecule has 0 unspecified atom stereocenters. The van der Waals surface area contributed by atoms with Crippen LogP contribution >= 0.6 is 15.9 Å². The molecule has 0 radical (unpaired) electrons. The van der Waals surface area contributed by atoms with E-state index in [4.69, 9.17) is 4.74 Å². The fourth-order valence-corrected chi connectivity index (χ4v) is 2.06. The van der Waals surface area contributed by atoms with Crippen LogP contribution in [0.15, 0.2) is 40.9 Å². The second-order valence-electron chi connectivity index (χ2n) is 3.81. The van der Waals surface area contributed by atoms with Gasteiger partial charge in [-0.15, -0.1) is 0 Å². The van der Waals surface area contributed by atoms with Crippen molar-refractivity contribution in [3.63, 3.8) is 0 Å². The molecular weight excluding hydrogens is 318 g/mol. The Hall–Kier alpha value is -1.75. The first kappa shape index (κ1) is 13.7. The van der Waals surface area contributed by atoms with E-state index in [1.54, 1.807) is 12.1 Å². The molecule has 0 bridgehead atoms. The number of benzene rings is 2. The molecule has 0 amide bonds. The molecule has 2 aromatic rings. The standard InChI is InChI=1S/C14H9BrF2O2/c1-19-10-6-11(16)13(12(17)7-10)14(18)8-3-2-4-9(15)5-8/h2-7H,1H3. The lowest BCUT2D eigenvalue weighted by molar-refractivity contribution is 0.103. The quantitative estimate of drug-likeness (QED) is 0.798. The number of methoxy groups -OCH3 is 1. The van der Waals surface area contributed by atoms with Gasteiger partial charge in [-0.2, -0.15) is 0 Å². The predicted octanol–water partition coefficient (Wildman–Crippen LogP) is 3.97. The molecule has 0 saturated carbocycles. The maximum absolute atomic E-state index is 13.8. The molecule has 2 rings (SSSR count). The van der Waals surface area contributed by atoms with E-state index in [1.807, 2.05) is 0 Å². The van der Waals surface area contributed by atoms with E-state index in [0.717, 1.165) is 12.1 Å². The molecule has 2 nitrogen and oxygen atoms in total. The van der Waals surface area contributed by atoms with Crippen molar-refractivity contribution in [1.29, 1.82) is 0 Å². The Balaban J connectivity index is 2.50. The smallest absolute Gasteiger partial charge is 0.198 e. The van der Waals surface area contributed by atoms with Crippen molar-refractivity contribution in [1.82, 2.24) is 0 Å². The second-order valence-corrected chi connectivity index (χ2v) is 4.72. The summed E-state index contributed by atoms with van der Waals surface area (Å²) in [5.41, 5.74) is -0.378. The van der Waals surface area contributed by atoms with Crippen molar-refractivity contribution in [2.45, 2.75) is 0 Å². The van der Waals surface area contributed by atoms with Gasteiger partial charge in [-0.05, 0) is 12.1 Å². The number of ether oxygens (including phenoxy) is 1. The molecule has 0 spiro atoms.